The number of nitrogens with one attached hydrogen (secondary N) is 1. The predicted molar refractivity (Wildman–Crippen MR) is 73.0 cm³/mol. The maximum absolute atomic E-state index is 13.6. The molecule has 0 fully saturated rings. The van der Waals surface area contributed by atoms with E-state index in [1.54, 1.807) is 30.3 Å². The van der Waals surface area contributed by atoms with Crippen LogP contribution >= 0.6 is 15.9 Å². The molecule has 0 saturated carbocycles. The molecule has 3 nitrogen and oxygen atoms in total. The molecule has 0 radical (unpaired) electrons. The number of nitrogens with zero attached hydrogens (tertiary/aromatic N) is 1. The first-order chi connectivity index (χ1) is 8.60. The Balaban J connectivity index is 2.29. The molecule has 0 spiro atoms. The van der Waals surface area contributed by atoms with E-state index in [0.29, 0.717) is 27.1 Å². The number of nitrogens with two attached hydrogens (primary N) is 1. The Morgan fingerprint density at radius 3 is 2.61 bits per heavy atom. The molecule has 0 aliphatic heterocycles. The van der Waals surface area contributed by atoms with Crippen LogP contribution in [0.2, 0.25) is 0 Å². The van der Waals surface area contributed by atoms with Crippen LogP contribution in [0, 0.1) is 17.1 Å². The fourth-order valence-corrected chi connectivity index (χ4v) is 1.82. The SMILES string of the molecule is N#Cc1ccc(Nc2ccc(Br)cc2F)cc1N. The van der Waals surface area contributed by atoms with Crippen LogP contribution in [0.4, 0.5) is 21.5 Å². The van der Waals surface area contributed by atoms with Crippen molar-refractivity contribution < 1.29 is 4.39 Å². The number of rotatable bonds is 2. The molecule has 5 heteroatoms. The van der Waals surface area contributed by atoms with E-state index in [1.165, 1.54) is 6.07 Å². The summed E-state index contributed by atoms with van der Waals surface area (Å²) in [5, 5.41) is 11.7. The fraction of sp³-hybridized carbons (Fsp3) is 0. The van der Waals surface area contributed by atoms with Crippen molar-refractivity contribution in [3.05, 3.63) is 52.3 Å². The Labute approximate surface area is 112 Å². The molecule has 0 bridgehead atoms. The second kappa shape index (κ2) is 5.07. The van der Waals surface area contributed by atoms with E-state index in [1.807, 2.05) is 6.07 Å². The highest BCUT2D eigenvalue weighted by molar-refractivity contribution is 9.10. The van der Waals surface area contributed by atoms with Crippen molar-refractivity contribution in [3.63, 3.8) is 0 Å². The third-order valence-corrected chi connectivity index (χ3v) is 2.88. The molecule has 0 amide bonds. The molecule has 0 aliphatic carbocycles. The number of nitrogen functional groups attached to an aromatic ring is 1. The minimum atomic E-state index is -0.368. The van der Waals surface area contributed by atoms with Gasteiger partial charge >= 0.3 is 0 Å². The molecule has 0 aromatic heterocycles. The summed E-state index contributed by atoms with van der Waals surface area (Å²) in [6, 6.07) is 11.6. The lowest BCUT2D eigenvalue weighted by Crippen LogP contribution is -1.96. The molecule has 0 unspecified atom stereocenters. The van der Waals surface area contributed by atoms with E-state index in [-0.39, 0.29) is 5.82 Å². The van der Waals surface area contributed by atoms with Crippen molar-refractivity contribution in [1.29, 1.82) is 5.26 Å². The summed E-state index contributed by atoms with van der Waals surface area (Å²) in [6.45, 7) is 0. The van der Waals surface area contributed by atoms with Gasteiger partial charge in [-0.1, -0.05) is 15.9 Å². The summed E-state index contributed by atoms with van der Waals surface area (Å²) in [5.74, 6) is -0.368. The largest absolute Gasteiger partial charge is 0.398 e. The van der Waals surface area contributed by atoms with Crippen LogP contribution in [0.15, 0.2) is 40.9 Å². The van der Waals surface area contributed by atoms with Crippen LogP contribution in [0.25, 0.3) is 0 Å². The van der Waals surface area contributed by atoms with Crippen molar-refractivity contribution in [2.75, 3.05) is 11.1 Å². The van der Waals surface area contributed by atoms with Gasteiger partial charge in [-0.25, -0.2) is 4.39 Å². The Kier molecular flexibility index (Phi) is 3.49. The predicted octanol–water partition coefficient (Wildman–Crippen LogP) is 3.79. The number of hydrogen-bond acceptors (Lipinski definition) is 3. The van der Waals surface area contributed by atoms with Gasteiger partial charge in [-0.15, -0.1) is 0 Å². The minimum Gasteiger partial charge on any atom is -0.398 e. The Bertz CT molecular complexity index is 635. The molecule has 18 heavy (non-hydrogen) atoms. The topological polar surface area (TPSA) is 61.8 Å². The van der Waals surface area contributed by atoms with Gasteiger partial charge in [0.15, 0.2) is 0 Å². The van der Waals surface area contributed by atoms with Crippen molar-refractivity contribution in [2.45, 2.75) is 0 Å². The number of hydrogen-bond donors (Lipinski definition) is 2. The maximum atomic E-state index is 13.6. The van der Waals surface area contributed by atoms with Crippen molar-refractivity contribution in [2.24, 2.45) is 0 Å². The molecule has 0 aliphatic rings. The zero-order valence-electron chi connectivity index (χ0n) is 9.24. The Morgan fingerprint density at radius 2 is 2.00 bits per heavy atom. The molecule has 3 N–H and O–H groups in total. The maximum Gasteiger partial charge on any atom is 0.147 e. The van der Waals surface area contributed by atoms with Gasteiger partial charge in [0.2, 0.25) is 0 Å². The van der Waals surface area contributed by atoms with Gasteiger partial charge in [0, 0.05) is 10.2 Å². The van der Waals surface area contributed by atoms with E-state index in [9.17, 15) is 4.39 Å². The third-order valence-electron chi connectivity index (χ3n) is 2.38. The van der Waals surface area contributed by atoms with Gasteiger partial charge in [-0.05, 0) is 36.4 Å². The third kappa shape index (κ3) is 2.60. The van der Waals surface area contributed by atoms with E-state index < -0.39 is 0 Å². The summed E-state index contributed by atoms with van der Waals surface area (Å²) in [5.41, 5.74) is 7.43. The standard InChI is InChI=1S/C13H9BrFN3/c14-9-2-4-13(11(15)5-9)18-10-3-1-8(7-16)12(17)6-10/h1-6,18H,17H2. The highest BCUT2D eigenvalue weighted by Crippen LogP contribution is 2.25. The zero-order chi connectivity index (χ0) is 13.1. The average Bonchev–Trinajstić information content (AvgIpc) is 2.33. The van der Waals surface area contributed by atoms with E-state index >= 15 is 0 Å². The smallest absolute Gasteiger partial charge is 0.147 e. The molecular formula is C13H9BrFN3. The lowest BCUT2D eigenvalue weighted by Gasteiger charge is -2.09. The minimum absolute atomic E-state index is 0.349. The van der Waals surface area contributed by atoms with Gasteiger partial charge in [-0.2, -0.15) is 5.26 Å². The summed E-state index contributed by atoms with van der Waals surface area (Å²) in [4.78, 5) is 0. The van der Waals surface area contributed by atoms with Crippen LogP contribution in [-0.2, 0) is 0 Å². The van der Waals surface area contributed by atoms with Crippen LogP contribution in [0.3, 0.4) is 0 Å². The van der Waals surface area contributed by atoms with E-state index in [2.05, 4.69) is 21.2 Å². The Hall–Kier alpha value is -2.06. The number of benzene rings is 2. The van der Waals surface area contributed by atoms with Crippen LogP contribution in [0.5, 0.6) is 0 Å². The fourth-order valence-electron chi connectivity index (χ4n) is 1.49. The second-order valence-corrected chi connectivity index (χ2v) is 4.58. The molecule has 0 heterocycles. The monoisotopic (exact) mass is 305 g/mol. The van der Waals surface area contributed by atoms with Crippen molar-refractivity contribution in [3.8, 4) is 6.07 Å². The molecule has 2 aromatic carbocycles. The van der Waals surface area contributed by atoms with Crippen LogP contribution in [-0.4, -0.2) is 0 Å². The van der Waals surface area contributed by atoms with Crippen molar-refractivity contribution in [1.82, 2.24) is 0 Å². The summed E-state index contributed by atoms with van der Waals surface area (Å²) < 4.78 is 14.3. The molecule has 0 atom stereocenters. The second-order valence-electron chi connectivity index (χ2n) is 3.66. The lowest BCUT2D eigenvalue weighted by molar-refractivity contribution is 0.631. The summed E-state index contributed by atoms with van der Waals surface area (Å²) >= 11 is 3.19. The lowest BCUT2D eigenvalue weighted by atomic mass is 10.1. The van der Waals surface area contributed by atoms with E-state index in [0.717, 1.165) is 0 Å². The summed E-state index contributed by atoms with van der Waals surface area (Å²) in [7, 11) is 0. The van der Waals surface area contributed by atoms with E-state index in [4.69, 9.17) is 11.0 Å². The molecule has 90 valence electrons. The number of anilines is 3. The van der Waals surface area contributed by atoms with Gasteiger partial charge in [-0.3, -0.25) is 0 Å². The first-order valence-electron chi connectivity index (χ1n) is 5.12. The number of halogens is 2. The highest BCUT2D eigenvalue weighted by Gasteiger charge is 2.04. The Morgan fingerprint density at radius 1 is 1.22 bits per heavy atom. The van der Waals surface area contributed by atoms with Gasteiger partial charge in [0.25, 0.3) is 0 Å². The first kappa shape index (κ1) is 12.4. The quantitative estimate of drug-likeness (QED) is 0.830. The normalized spacial score (nSPS) is 9.83. The first-order valence-corrected chi connectivity index (χ1v) is 5.91. The van der Waals surface area contributed by atoms with Gasteiger partial charge in [0.05, 0.1) is 16.9 Å². The zero-order valence-corrected chi connectivity index (χ0v) is 10.8. The molecule has 0 saturated heterocycles. The van der Waals surface area contributed by atoms with Crippen LogP contribution in [0.1, 0.15) is 5.56 Å². The van der Waals surface area contributed by atoms with Gasteiger partial charge < -0.3 is 11.1 Å². The molecule has 2 aromatic rings. The van der Waals surface area contributed by atoms with Gasteiger partial charge in [0.1, 0.15) is 11.9 Å². The van der Waals surface area contributed by atoms with Crippen LogP contribution < -0.4 is 11.1 Å². The summed E-state index contributed by atoms with van der Waals surface area (Å²) in [6.07, 6.45) is 0. The van der Waals surface area contributed by atoms with Crippen molar-refractivity contribution >= 4 is 33.0 Å². The molecular weight excluding hydrogens is 297 g/mol. The number of nitriles is 1. The average molecular weight is 306 g/mol. The highest BCUT2D eigenvalue weighted by atomic mass is 79.9. The molecule has 2 rings (SSSR count).